The summed E-state index contributed by atoms with van der Waals surface area (Å²) < 4.78 is 12.8. The molecule has 1 aromatic heterocycles. The first kappa shape index (κ1) is 13.7. The summed E-state index contributed by atoms with van der Waals surface area (Å²) in [6.45, 7) is 0.514. The molecule has 0 bridgehead atoms. The molecule has 0 atom stereocenters. The molecule has 0 saturated carbocycles. The van der Waals surface area contributed by atoms with E-state index in [4.69, 9.17) is 10.9 Å². The molecule has 0 unspecified atom stereocenters. The lowest BCUT2D eigenvalue weighted by atomic mass is 10.2. The van der Waals surface area contributed by atoms with E-state index in [0.717, 1.165) is 5.56 Å². The summed E-state index contributed by atoms with van der Waals surface area (Å²) in [7, 11) is 1.80. The van der Waals surface area contributed by atoms with E-state index in [1.165, 1.54) is 18.3 Å². The van der Waals surface area contributed by atoms with Crippen LogP contribution in [-0.2, 0) is 6.54 Å². The standard InChI is InChI=1S/C13H14FN5O/c1-19(8-9-2-4-10(14)5-3-9)13-16-7-6-11(17-13)12(15)18-20/h2-7,20H,8H2,1H3,(H2,15,18). The van der Waals surface area contributed by atoms with E-state index in [1.807, 2.05) is 0 Å². The number of oxime groups is 1. The first-order valence-corrected chi connectivity index (χ1v) is 5.86. The van der Waals surface area contributed by atoms with Gasteiger partial charge in [-0.15, -0.1) is 0 Å². The van der Waals surface area contributed by atoms with Crippen molar-refractivity contribution in [3.8, 4) is 0 Å². The molecule has 6 nitrogen and oxygen atoms in total. The number of nitrogens with zero attached hydrogens (tertiary/aromatic N) is 4. The van der Waals surface area contributed by atoms with Gasteiger partial charge in [0.1, 0.15) is 11.5 Å². The number of amidine groups is 1. The number of halogens is 1. The van der Waals surface area contributed by atoms with Crippen molar-refractivity contribution in [3.63, 3.8) is 0 Å². The van der Waals surface area contributed by atoms with E-state index in [-0.39, 0.29) is 11.7 Å². The Morgan fingerprint density at radius 3 is 2.70 bits per heavy atom. The smallest absolute Gasteiger partial charge is 0.226 e. The number of hydrogen-bond donors (Lipinski definition) is 2. The Morgan fingerprint density at radius 1 is 1.35 bits per heavy atom. The van der Waals surface area contributed by atoms with Crippen molar-refractivity contribution < 1.29 is 9.60 Å². The second kappa shape index (κ2) is 5.96. The van der Waals surface area contributed by atoms with Gasteiger partial charge in [0.15, 0.2) is 5.84 Å². The fourth-order valence-electron chi connectivity index (χ4n) is 1.66. The Balaban J connectivity index is 2.16. The van der Waals surface area contributed by atoms with Gasteiger partial charge in [-0.3, -0.25) is 0 Å². The monoisotopic (exact) mass is 275 g/mol. The normalized spacial score (nSPS) is 11.4. The van der Waals surface area contributed by atoms with Gasteiger partial charge in [0.2, 0.25) is 5.95 Å². The lowest BCUT2D eigenvalue weighted by molar-refractivity contribution is 0.318. The fourth-order valence-corrected chi connectivity index (χ4v) is 1.66. The van der Waals surface area contributed by atoms with Gasteiger partial charge >= 0.3 is 0 Å². The van der Waals surface area contributed by atoms with Crippen LogP contribution in [0.5, 0.6) is 0 Å². The third-order valence-electron chi connectivity index (χ3n) is 2.69. The van der Waals surface area contributed by atoms with Crippen LogP contribution < -0.4 is 10.6 Å². The summed E-state index contributed by atoms with van der Waals surface area (Å²) in [6, 6.07) is 7.73. The highest BCUT2D eigenvalue weighted by atomic mass is 19.1. The highest BCUT2D eigenvalue weighted by molar-refractivity contribution is 5.95. The molecule has 0 aliphatic carbocycles. The molecule has 2 rings (SSSR count). The van der Waals surface area contributed by atoms with Crippen molar-refractivity contribution in [1.29, 1.82) is 0 Å². The van der Waals surface area contributed by atoms with Gasteiger partial charge in [0, 0.05) is 19.8 Å². The molecule has 1 aromatic carbocycles. The van der Waals surface area contributed by atoms with Crippen molar-refractivity contribution in [2.75, 3.05) is 11.9 Å². The van der Waals surface area contributed by atoms with Gasteiger partial charge in [0.05, 0.1) is 0 Å². The molecule has 0 saturated heterocycles. The average Bonchev–Trinajstić information content (AvgIpc) is 2.49. The minimum Gasteiger partial charge on any atom is -0.409 e. The molecular formula is C13H14FN5O. The minimum absolute atomic E-state index is 0.0798. The number of rotatable bonds is 4. The number of aromatic nitrogens is 2. The Labute approximate surface area is 115 Å². The third-order valence-corrected chi connectivity index (χ3v) is 2.69. The molecule has 7 heteroatoms. The van der Waals surface area contributed by atoms with Crippen molar-refractivity contribution in [1.82, 2.24) is 9.97 Å². The Morgan fingerprint density at radius 2 is 2.05 bits per heavy atom. The second-order valence-corrected chi connectivity index (χ2v) is 4.21. The SMILES string of the molecule is CN(Cc1ccc(F)cc1)c1nccc(/C(N)=N/O)n1. The first-order valence-electron chi connectivity index (χ1n) is 5.86. The van der Waals surface area contributed by atoms with Gasteiger partial charge in [-0.05, 0) is 23.8 Å². The molecule has 2 aromatic rings. The molecule has 0 fully saturated rings. The zero-order valence-electron chi connectivity index (χ0n) is 10.9. The van der Waals surface area contributed by atoms with E-state index in [0.29, 0.717) is 18.2 Å². The predicted molar refractivity (Wildman–Crippen MR) is 73.0 cm³/mol. The van der Waals surface area contributed by atoms with E-state index < -0.39 is 0 Å². The maximum Gasteiger partial charge on any atom is 0.226 e. The summed E-state index contributed by atoms with van der Waals surface area (Å²) in [6.07, 6.45) is 1.52. The summed E-state index contributed by atoms with van der Waals surface area (Å²) in [5, 5.41) is 11.5. The van der Waals surface area contributed by atoms with Gasteiger partial charge in [0.25, 0.3) is 0 Å². The molecule has 104 valence electrons. The fraction of sp³-hybridized carbons (Fsp3) is 0.154. The lowest BCUT2D eigenvalue weighted by Gasteiger charge is -2.17. The maximum atomic E-state index is 12.8. The van der Waals surface area contributed by atoms with Crippen molar-refractivity contribution in [2.45, 2.75) is 6.54 Å². The molecule has 1 heterocycles. The molecule has 0 aliphatic rings. The molecular weight excluding hydrogens is 261 g/mol. The highest BCUT2D eigenvalue weighted by Gasteiger charge is 2.08. The van der Waals surface area contributed by atoms with E-state index in [1.54, 1.807) is 30.1 Å². The van der Waals surface area contributed by atoms with Crippen LogP contribution in [-0.4, -0.2) is 28.1 Å². The minimum atomic E-state index is -0.276. The molecule has 0 amide bonds. The summed E-state index contributed by atoms with van der Waals surface area (Å²) >= 11 is 0. The largest absolute Gasteiger partial charge is 0.409 e. The Hall–Kier alpha value is -2.70. The van der Waals surface area contributed by atoms with E-state index in [2.05, 4.69) is 15.1 Å². The van der Waals surface area contributed by atoms with Crippen LogP contribution >= 0.6 is 0 Å². The van der Waals surface area contributed by atoms with Crippen molar-refractivity contribution >= 4 is 11.8 Å². The average molecular weight is 275 g/mol. The lowest BCUT2D eigenvalue weighted by Crippen LogP contribution is -2.22. The van der Waals surface area contributed by atoms with Crippen LogP contribution in [0.25, 0.3) is 0 Å². The van der Waals surface area contributed by atoms with Gasteiger partial charge in [-0.1, -0.05) is 17.3 Å². The van der Waals surface area contributed by atoms with Crippen molar-refractivity contribution in [3.05, 3.63) is 53.6 Å². The van der Waals surface area contributed by atoms with Crippen LogP contribution in [0.1, 0.15) is 11.3 Å². The van der Waals surface area contributed by atoms with Gasteiger partial charge < -0.3 is 15.8 Å². The van der Waals surface area contributed by atoms with Gasteiger partial charge in [-0.2, -0.15) is 0 Å². The second-order valence-electron chi connectivity index (χ2n) is 4.21. The zero-order chi connectivity index (χ0) is 14.5. The maximum absolute atomic E-state index is 12.8. The van der Waals surface area contributed by atoms with E-state index in [9.17, 15) is 4.39 Å². The molecule has 0 radical (unpaired) electrons. The van der Waals surface area contributed by atoms with Crippen LogP contribution in [0.4, 0.5) is 10.3 Å². The zero-order valence-corrected chi connectivity index (χ0v) is 10.9. The summed E-state index contributed by atoms with van der Waals surface area (Å²) in [5.41, 5.74) is 6.74. The van der Waals surface area contributed by atoms with Crippen LogP contribution in [0.15, 0.2) is 41.7 Å². The van der Waals surface area contributed by atoms with Crippen LogP contribution in [0.3, 0.4) is 0 Å². The molecule has 0 spiro atoms. The topological polar surface area (TPSA) is 87.6 Å². The number of benzene rings is 1. The molecule has 0 aliphatic heterocycles. The highest BCUT2D eigenvalue weighted by Crippen LogP contribution is 2.11. The number of hydrogen-bond acceptors (Lipinski definition) is 5. The first-order chi connectivity index (χ1) is 9.60. The third kappa shape index (κ3) is 3.19. The number of anilines is 1. The van der Waals surface area contributed by atoms with E-state index >= 15 is 0 Å². The predicted octanol–water partition coefficient (Wildman–Crippen LogP) is 1.35. The Kier molecular flexibility index (Phi) is 4.09. The van der Waals surface area contributed by atoms with Crippen molar-refractivity contribution in [2.24, 2.45) is 10.9 Å². The molecule has 3 N–H and O–H groups in total. The number of nitrogens with two attached hydrogens (primary N) is 1. The van der Waals surface area contributed by atoms with Crippen LogP contribution in [0.2, 0.25) is 0 Å². The quantitative estimate of drug-likeness (QED) is 0.380. The molecule has 20 heavy (non-hydrogen) atoms. The summed E-state index contributed by atoms with van der Waals surface area (Å²) in [5.74, 6) is 0.0730. The van der Waals surface area contributed by atoms with Gasteiger partial charge in [-0.25, -0.2) is 14.4 Å². The Bertz CT molecular complexity index is 614. The summed E-state index contributed by atoms with van der Waals surface area (Å²) in [4.78, 5) is 10.1. The van der Waals surface area contributed by atoms with Crippen LogP contribution in [0, 0.1) is 5.82 Å².